The van der Waals surface area contributed by atoms with Gasteiger partial charge in [-0.15, -0.1) is 0 Å². The summed E-state index contributed by atoms with van der Waals surface area (Å²) in [6.45, 7) is 1.88. The molecule has 5 aromatic heterocycles. The van der Waals surface area contributed by atoms with Crippen LogP contribution >= 0.6 is 0 Å². The second-order valence-electron chi connectivity index (χ2n) is 15.1. The van der Waals surface area contributed by atoms with Crippen LogP contribution in [0.1, 0.15) is 37.4 Å². The summed E-state index contributed by atoms with van der Waals surface area (Å²) < 4.78 is 15.0. The lowest BCUT2D eigenvalue weighted by molar-refractivity contribution is -0.879. The molecule has 9 rings (SSSR count). The zero-order valence-electron chi connectivity index (χ0n) is 32.5. The lowest BCUT2D eigenvalue weighted by Gasteiger charge is -2.35. The van der Waals surface area contributed by atoms with Crippen LogP contribution in [0.5, 0.6) is 0 Å². The Morgan fingerprint density at radius 3 is 1.75 bits per heavy atom. The van der Waals surface area contributed by atoms with Gasteiger partial charge in [-0.3, -0.25) is 19.1 Å². The Labute approximate surface area is 344 Å². The third-order valence-electron chi connectivity index (χ3n) is 10.9. The minimum Gasteiger partial charge on any atom is -0.422 e. The highest BCUT2D eigenvalue weighted by atomic mass is 16.4. The summed E-state index contributed by atoms with van der Waals surface area (Å²) in [5.41, 5.74) is 6.02. The van der Waals surface area contributed by atoms with Crippen molar-refractivity contribution < 1.29 is 32.0 Å². The van der Waals surface area contributed by atoms with E-state index in [1.807, 2.05) is 79.4 Å². The SMILES string of the molecule is O=C(C[n+]1ccc(-c2cc[n+](Cc3ccc(C[N+]4(CC(=O)c5cc6ccccc6oc5=O)C=CC(c5ccncc5)=CC4)cc3)cc2)cc1)c1cc2ccccc2oc1=O. The number of Topliss-reactive ketones (excluding diaryl/α,β-unsaturated/α-hetero) is 2. The maximum Gasteiger partial charge on any atom is 0.347 e. The van der Waals surface area contributed by atoms with E-state index in [0.717, 1.165) is 33.4 Å². The van der Waals surface area contributed by atoms with E-state index >= 15 is 0 Å². The van der Waals surface area contributed by atoms with Crippen molar-refractivity contribution in [2.24, 2.45) is 0 Å². The van der Waals surface area contributed by atoms with Gasteiger partial charge in [0.15, 0.2) is 31.3 Å². The standard InChI is InChI=1S/C50H39N4O6/c55-45(43-29-41-5-1-3-7-47(41)59-49(43)57)32-53-25-17-39(18-26-53)38-15-23-52(24-16-38)31-35-9-11-36(12-10-35)33-54(27-19-40(20-28-54)37-13-21-51-22-14-37)34-46(56)44-30-42-6-2-4-8-48(42)60-50(44)58/h1-27,29-30H,28,31-34H2/q+3. The average molecular weight is 792 g/mol. The highest BCUT2D eigenvalue weighted by Gasteiger charge is 2.32. The van der Waals surface area contributed by atoms with Gasteiger partial charge in [0, 0.05) is 58.6 Å². The molecule has 0 N–H and O–H groups in total. The number of ketones is 2. The summed E-state index contributed by atoms with van der Waals surface area (Å²) in [6, 6.07) is 37.9. The van der Waals surface area contributed by atoms with Gasteiger partial charge < -0.3 is 8.83 Å². The third-order valence-corrected chi connectivity index (χ3v) is 10.9. The monoisotopic (exact) mass is 791 g/mol. The number of fused-ring (bicyclic) bond motifs is 2. The van der Waals surface area contributed by atoms with E-state index in [1.54, 1.807) is 53.4 Å². The summed E-state index contributed by atoms with van der Waals surface area (Å²) in [6.07, 6.45) is 17.5. The van der Waals surface area contributed by atoms with Crippen molar-refractivity contribution in [3.05, 3.63) is 226 Å². The fourth-order valence-corrected chi connectivity index (χ4v) is 7.67. The van der Waals surface area contributed by atoms with E-state index in [0.29, 0.717) is 46.1 Å². The van der Waals surface area contributed by atoms with Crippen LogP contribution in [0.2, 0.25) is 0 Å². The molecular formula is C50H39N4O6+3. The van der Waals surface area contributed by atoms with Gasteiger partial charge in [-0.2, -0.15) is 4.57 Å². The molecule has 10 heteroatoms. The molecule has 1 atom stereocenters. The molecule has 0 saturated heterocycles. The van der Waals surface area contributed by atoms with Crippen LogP contribution in [0, 0.1) is 0 Å². The smallest absolute Gasteiger partial charge is 0.347 e. The van der Waals surface area contributed by atoms with Crippen molar-refractivity contribution in [1.82, 2.24) is 4.98 Å². The number of carbonyl (C=O) groups excluding carboxylic acids is 2. The molecule has 10 nitrogen and oxygen atoms in total. The molecule has 60 heavy (non-hydrogen) atoms. The van der Waals surface area contributed by atoms with Crippen molar-refractivity contribution in [2.75, 3.05) is 13.1 Å². The summed E-state index contributed by atoms with van der Waals surface area (Å²) in [4.78, 5) is 56.5. The number of hydrogen-bond acceptors (Lipinski definition) is 7. The van der Waals surface area contributed by atoms with E-state index in [1.165, 1.54) is 0 Å². The molecule has 0 saturated carbocycles. The number of rotatable bonds is 12. The fourth-order valence-electron chi connectivity index (χ4n) is 7.67. The topological polar surface area (TPSA) is 115 Å². The summed E-state index contributed by atoms with van der Waals surface area (Å²) in [5.74, 6) is -0.588. The highest BCUT2D eigenvalue weighted by Crippen LogP contribution is 2.27. The number of benzene rings is 3. The van der Waals surface area contributed by atoms with E-state index in [9.17, 15) is 19.2 Å². The molecule has 0 fully saturated rings. The number of nitrogens with zero attached hydrogens (tertiary/aromatic N) is 4. The minimum absolute atomic E-state index is 0.0142. The minimum atomic E-state index is -0.637. The molecule has 1 aliphatic heterocycles. The predicted octanol–water partition coefficient (Wildman–Crippen LogP) is 7.28. The Morgan fingerprint density at radius 1 is 0.617 bits per heavy atom. The molecular weight excluding hydrogens is 753 g/mol. The van der Waals surface area contributed by atoms with Crippen molar-refractivity contribution in [3.8, 4) is 11.1 Å². The van der Waals surface area contributed by atoms with Gasteiger partial charge in [-0.25, -0.2) is 14.2 Å². The number of pyridine rings is 3. The van der Waals surface area contributed by atoms with E-state index in [-0.39, 0.29) is 35.8 Å². The Hall–Kier alpha value is -7.69. The van der Waals surface area contributed by atoms with Gasteiger partial charge in [-0.1, -0.05) is 60.7 Å². The zero-order chi connectivity index (χ0) is 41.1. The highest BCUT2D eigenvalue weighted by molar-refractivity contribution is 5.99. The van der Waals surface area contributed by atoms with Crippen LogP contribution < -0.4 is 20.4 Å². The molecule has 0 bridgehead atoms. The van der Waals surface area contributed by atoms with Crippen LogP contribution in [0.4, 0.5) is 0 Å². The van der Waals surface area contributed by atoms with Crippen LogP contribution in [-0.4, -0.2) is 34.1 Å². The lowest BCUT2D eigenvalue weighted by Crippen LogP contribution is -2.47. The number of allylic oxidation sites excluding steroid dienone is 2. The van der Waals surface area contributed by atoms with Crippen molar-refractivity contribution in [3.63, 3.8) is 0 Å². The molecule has 1 aliphatic rings. The fraction of sp³-hybridized carbons (Fsp3) is 0.100. The van der Waals surface area contributed by atoms with Crippen molar-refractivity contribution >= 4 is 39.1 Å². The summed E-state index contributed by atoms with van der Waals surface area (Å²) >= 11 is 0. The third kappa shape index (κ3) is 8.18. The normalized spacial score (nSPS) is 14.9. The second kappa shape index (κ2) is 16.3. The Morgan fingerprint density at radius 2 is 1.17 bits per heavy atom. The number of hydrogen-bond donors (Lipinski definition) is 0. The quantitative estimate of drug-likeness (QED) is 0.0553. The largest absolute Gasteiger partial charge is 0.422 e. The number of para-hydroxylation sites is 2. The van der Waals surface area contributed by atoms with E-state index in [2.05, 4.69) is 58.2 Å². The maximum atomic E-state index is 13.9. The first-order chi connectivity index (χ1) is 29.3. The maximum absolute atomic E-state index is 13.9. The van der Waals surface area contributed by atoms with Crippen molar-refractivity contribution in [2.45, 2.75) is 19.6 Å². The number of carbonyl (C=O) groups is 2. The molecule has 6 heterocycles. The van der Waals surface area contributed by atoms with Gasteiger partial charge in [0.2, 0.25) is 18.1 Å². The molecule has 292 valence electrons. The molecule has 1 unspecified atom stereocenters. The van der Waals surface area contributed by atoms with Crippen LogP contribution in [0.3, 0.4) is 0 Å². The first-order valence-electron chi connectivity index (χ1n) is 19.6. The van der Waals surface area contributed by atoms with Gasteiger partial charge in [0.1, 0.15) is 41.9 Å². The van der Waals surface area contributed by atoms with Gasteiger partial charge in [0.05, 0.1) is 6.20 Å². The average Bonchev–Trinajstić information content (AvgIpc) is 3.27. The number of aromatic nitrogens is 3. The molecule has 0 amide bonds. The summed E-state index contributed by atoms with van der Waals surface area (Å²) in [7, 11) is 0. The Kier molecular flexibility index (Phi) is 10.3. The molecule has 3 aromatic carbocycles. The van der Waals surface area contributed by atoms with Crippen LogP contribution in [0.25, 0.3) is 38.6 Å². The zero-order valence-corrected chi connectivity index (χ0v) is 32.5. The van der Waals surface area contributed by atoms with Crippen molar-refractivity contribution in [1.29, 1.82) is 0 Å². The van der Waals surface area contributed by atoms with Crippen LogP contribution in [-0.2, 0) is 19.6 Å². The predicted molar refractivity (Wildman–Crippen MR) is 226 cm³/mol. The second-order valence-corrected chi connectivity index (χ2v) is 15.1. The van der Waals surface area contributed by atoms with Gasteiger partial charge in [-0.05, 0) is 70.8 Å². The van der Waals surface area contributed by atoms with Gasteiger partial charge >= 0.3 is 11.3 Å². The Bertz CT molecular complexity index is 3080. The summed E-state index contributed by atoms with van der Waals surface area (Å²) in [5, 5.41) is 1.41. The molecule has 0 spiro atoms. The molecule has 8 aromatic rings. The van der Waals surface area contributed by atoms with E-state index < -0.39 is 11.3 Å². The lowest BCUT2D eigenvalue weighted by atomic mass is 10.0. The van der Waals surface area contributed by atoms with Crippen LogP contribution in [0.15, 0.2) is 195 Å². The Balaban J connectivity index is 0.867. The molecule has 0 radical (unpaired) electrons. The molecule has 0 aliphatic carbocycles. The first kappa shape index (κ1) is 37.9. The first-order valence-corrected chi connectivity index (χ1v) is 19.6. The van der Waals surface area contributed by atoms with Gasteiger partial charge in [0.25, 0.3) is 0 Å². The van der Waals surface area contributed by atoms with E-state index in [4.69, 9.17) is 8.83 Å². The number of quaternary nitrogens is 1.